The molecule has 2 aromatic rings. The van der Waals surface area contributed by atoms with Crippen molar-refractivity contribution >= 4 is 36.0 Å². The molecule has 6 nitrogen and oxygen atoms in total. The van der Waals surface area contributed by atoms with Crippen LogP contribution >= 0.6 is 0 Å². The minimum atomic E-state index is -0.340. The Morgan fingerprint density at radius 3 is 2.64 bits per heavy atom. The Bertz CT molecular complexity index is 685. The lowest BCUT2D eigenvalue weighted by Gasteiger charge is -2.07. The molecule has 114 valence electrons. The molecule has 0 saturated carbocycles. The molecule has 0 aliphatic rings. The van der Waals surface area contributed by atoms with Gasteiger partial charge in [0.2, 0.25) is 0 Å². The SMILES string of the molecule is C=Nc1c(NC(=O)Nc2ccc(CC)cc2)c[nH]c1C=NC. The highest BCUT2D eigenvalue weighted by Gasteiger charge is 2.11. The summed E-state index contributed by atoms with van der Waals surface area (Å²) in [6, 6.07) is 7.37. The van der Waals surface area contributed by atoms with E-state index in [1.54, 1.807) is 19.5 Å². The first-order valence-corrected chi connectivity index (χ1v) is 6.95. The van der Waals surface area contributed by atoms with Crippen LogP contribution in [0, 0.1) is 0 Å². The third-order valence-corrected chi connectivity index (χ3v) is 3.17. The summed E-state index contributed by atoms with van der Waals surface area (Å²) in [7, 11) is 1.66. The number of aryl methyl sites for hydroxylation is 1. The lowest BCUT2D eigenvalue weighted by atomic mass is 10.1. The van der Waals surface area contributed by atoms with E-state index in [0.29, 0.717) is 17.1 Å². The third kappa shape index (κ3) is 3.60. The number of rotatable bonds is 5. The molecule has 0 fully saturated rings. The lowest BCUT2D eigenvalue weighted by molar-refractivity contribution is 0.262. The molecule has 1 heterocycles. The number of aromatic amines is 1. The molecule has 22 heavy (non-hydrogen) atoms. The molecule has 0 radical (unpaired) electrons. The molecule has 1 aromatic carbocycles. The molecule has 0 aliphatic heterocycles. The summed E-state index contributed by atoms with van der Waals surface area (Å²) >= 11 is 0. The maximum Gasteiger partial charge on any atom is 0.323 e. The van der Waals surface area contributed by atoms with Crippen LogP contribution in [0.5, 0.6) is 0 Å². The van der Waals surface area contributed by atoms with Crippen LogP contribution in [0.15, 0.2) is 40.4 Å². The van der Waals surface area contributed by atoms with Gasteiger partial charge in [-0.2, -0.15) is 0 Å². The van der Waals surface area contributed by atoms with Crippen LogP contribution in [0.1, 0.15) is 18.2 Å². The fourth-order valence-corrected chi connectivity index (χ4v) is 2.03. The molecule has 0 bridgehead atoms. The highest BCUT2D eigenvalue weighted by Crippen LogP contribution is 2.27. The van der Waals surface area contributed by atoms with Crippen LogP contribution in [0.4, 0.5) is 21.9 Å². The zero-order chi connectivity index (χ0) is 15.9. The second-order valence-electron chi connectivity index (χ2n) is 4.64. The Kier molecular flexibility index (Phi) is 5.08. The number of amides is 2. The summed E-state index contributed by atoms with van der Waals surface area (Å²) in [5.74, 6) is 0. The third-order valence-electron chi connectivity index (χ3n) is 3.17. The van der Waals surface area contributed by atoms with Gasteiger partial charge in [0, 0.05) is 25.1 Å². The fourth-order valence-electron chi connectivity index (χ4n) is 2.03. The van der Waals surface area contributed by atoms with Gasteiger partial charge in [0.1, 0.15) is 5.69 Å². The summed E-state index contributed by atoms with van der Waals surface area (Å²) in [5.41, 5.74) is 3.75. The van der Waals surface area contributed by atoms with Gasteiger partial charge in [0.25, 0.3) is 0 Å². The quantitative estimate of drug-likeness (QED) is 0.724. The second kappa shape index (κ2) is 7.21. The number of urea groups is 1. The summed E-state index contributed by atoms with van der Waals surface area (Å²) in [5, 5.41) is 5.52. The number of aliphatic imine (C=N–C) groups is 2. The number of anilines is 2. The molecule has 1 aromatic heterocycles. The normalized spacial score (nSPS) is 10.6. The Hall–Kier alpha value is -2.89. The zero-order valence-corrected chi connectivity index (χ0v) is 12.7. The monoisotopic (exact) mass is 297 g/mol. The molecule has 2 amide bonds. The van der Waals surface area contributed by atoms with Crippen LogP contribution in [-0.4, -0.2) is 31.0 Å². The number of nitrogens with one attached hydrogen (secondary N) is 3. The first kappa shape index (κ1) is 15.5. The lowest BCUT2D eigenvalue weighted by Crippen LogP contribution is -2.19. The minimum Gasteiger partial charge on any atom is -0.357 e. The van der Waals surface area contributed by atoms with Gasteiger partial charge in [0.15, 0.2) is 0 Å². The fraction of sp³-hybridized carbons (Fsp3) is 0.188. The number of nitrogens with zero attached hydrogens (tertiary/aromatic N) is 2. The van der Waals surface area contributed by atoms with Gasteiger partial charge in [-0.3, -0.25) is 9.98 Å². The van der Waals surface area contributed by atoms with Gasteiger partial charge < -0.3 is 15.6 Å². The smallest absolute Gasteiger partial charge is 0.323 e. The topological polar surface area (TPSA) is 81.6 Å². The Balaban J connectivity index is 2.06. The zero-order valence-electron chi connectivity index (χ0n) is 12.7. The molecule has 0 atom stereocenters. The van der Waals surface area contributed by atoms with Gasteiger partial charge in [-0.25, -0.2) is 4.79 Å². The van der Waals surface area contributed by atoms with E-state index in [2.05, 4.69) is 39.2 Å². The van der Waals surface area contributed by atoms with Crippen LogP contribution in [0.3, 0.4) is 0 Å². The second-order valence-corrected chi connectivity index (χ2v) is 4.64. The highest BCUT2D eigenvalue weighted by atomic mass is 16.2. The highest BCUT2D eigenvalue weighted by molar-refractivity contribution is 6.03. The number of hydrogen-bond donors (Lipinski definition) is 3. The molecule has 0 aliphatic carbocycles. The molecule has 0 spiro atoms. The predicted octanol–water partition coefficient (Wildman–Crippen LogP) is 3.60. The molecule has 6 heteroatoms. The van der Waals surface area contributed by atoms with Crippen LogP contribution < -0.4 is 10.6 Å². The minimum absolute atomic E-state index is 0.340. The maximum atomic E-state index is 12.0. The van der Waals surface area contributed by atoms with E-state index >= 15 is 0 Å². The van der Waals surface area contributed by atoms with Crippen molar-refractivity contribution in [2.45, 2.75) is 13.3 Å². The molecular weight excluding hydrogens is 278 g/mol. The Morgan fingerprint density at radius 2 is 2.05 bits per heavy atom. The van der Waals surface area contributed by atoms with Gasteiger partial charge in [-0.1, -0.05) is 19.1 Å². The first-order chi connectivity index (χ1) is 10.7. The van der Waals surface area contributed by atoms with Crippen molar-refractivity contribution in [3.8, 4) is 0 Å². The van der Waals surface area contributed by atoms with Gasteiger partial charge >= 0.3 is 6.03 Å². The van der Waals surface area contributed by atoms with Gasteiger partial charge in [-0.15, -0.1) is 0 Å². The largest absolute Gasteiger partial charge is 0.357 e. The average molecular weight is 297 g/mol. The van der Waals surface area contributed by atoms with Crippen molar-refractivity contribution in [3.63, 3.8) is 0 Å². The van der Waals surface area contributed by atoms with Gasteiger partial charge in [0.05, 0.1) is 11.4 Å². The van der Waals surface area contributed by atoms with Gasteiger partial charge in [-0.05, 0) is 30.8 Å². The number of carbonyl (C=O) groups is 1. The Morgan fingerprint density at radius 1 is 1.32 bits per heavy atom. The molecule has 3 N–H and O–H groups in total. The van der Waals surface area contributed by atoms with E-state index in [1.807, 2.05) is 24.3 Å². The number of H-pyrrole nitrogens is 1. The van der Waals surface area contributed by atoms with E-state index in [-0.39, 0.29) is 6.03 Å². The first-order valence-electron chi connectivity index (χ1n) is 6.95. The molecule has 0 unspecified atom stereocenters. The average Bonchev–Trinajstić information content (AvgIpc) is 2.90. The van der Waals surface area contributed by atoms with Crippen LogP contribution in [-0.2, 0) is 6.42 Å². The number of benzene rings is 1. The van der Waals surface area contributed by atoms with Crippen molar-refractivity contribution in [3.05, 3.63) is 41.7 Å². The molecule has 0 saturated heterocycles. The summed E-state index contributed by atoms with van der Waals surface area (Å²) < 4.78 is 0. The maximum absolute atomic E-state index is 12.0. The number of aromatic nitrogens is 1. The number of carbonyl (C=O) groups excluding carboxylic acids is 1. The molecular formula is C16H19N5O. The van der Waals surface area contributed by atoms with E-state index in [1.165, 1.54) is 5.56 Å². The number of hydrogen-bond acceptors (Lipinski definition) is 3. The van der Waals surface area contributed by atoms with Crippen LogP contribution in [0.2, 0.25) is 0 Å². The summed E-state index contributed by atoms with van der Waals surface area (Å²) in [6.07, 6.45) is 4.24. The van der Waals surface area contributed by atoms with Crippen molar-refractivity contribution < 1.29 is 4.79 Å². The van der Waals surface area contributed by atoms with Crippen LogP contribution in [0.25, 0.3) is 0 Å². The van der Waals surface area contributed by atoms with Crippen molar-refractivity contribution in [1.82, 2.24) is 4.98 Å². The summed E-state index contributed by atoms with van der Waals surface area (Å²) in [4.78, 5) is 22.9. The van der Waals surface area contributed by atoms with Crippen molar-refractivity contribution in [1.29, 1.82) is 0 Å². The van der Waals surface area contributed by atoms with Crippen molar-refractivity contribution in [2.75, 3.05) is 17.7 Å². The van der Waals surface area contributed by atoms with E-state index in [9.17, 15) is 4.79 Å². The molecule has 2 rings (SSSR count). The van der Waals surface area contributed by atoms with E-state index < -0.39 is 0 Å². The standard InChI is InChI=1S/C16H19N5O/c1-4-11-5-7-12(8-6-11)20-16(22)21-14-10-19-13(9-17-2)15(14)18-3/h5-10,19H,3-4H2,1-2H3,(H2,20,21,22). The van der Waals surface area contributed by atoms with E-state index in [4.69, 9.17) is 0 Å². The predicted molar refractivity (Wildman–Crippen MR) is 92.0 cm³/mol. The summed E-state index contributed by atoms with van der Waals surface area (Å²) in [6.45, 7) is 5.60. The van der Waals surface area contributed by atoms with E-state index in [0.717, 1.165) is 12.1 Å². The Labute approximate surface area is 129 Å². The van der Waals surface area contributed by atoms with Crippen molar-refractivity contribution in [2.24, 2.45) is 9.98 Å².